The SMILES string of the molecule is Cc1cc(-n2ccnc2)ccc1C(=O)NCC1CN(C(N)=O)CCO1. The highest BCUT2D eigenvalue weighted by atomic mass is 16.5. The van der Waals surface area contributed by atoms with Gasteiger partial charge in [-0.25, -0.2) is 9.78 Å². The molecule has 8 heteroatoms. The van der Waals surface area contributed by atoms with Crippen LogP contribution in [-0.4, -0.2) is 58.7 Å². The molecule has 2 heterocycles. The maximum absolute atomic E-state index is 12.4. The van der Waals surface area contributed by atoms with Gasteiger partial charge in [0.05, 0.1) is 25.6 Å². The molecule has 132 valence electrons. The second-order valence-electron chi connectivity index (χ2n) is 5.96. The molecule has 8 nitrogen and oxygen atoms in total. The van der Waals surface area contributed by atoms with Gasteiger partial charge in [-0.3, -0.25) is 4.79 Å². The Morgan fingerprint density at radius 1 is 1.44 bits per heavy atom. The zero-order valence-electron chi connectivity index (χ0n) is 14.0. The number of ether oxygens (including phenoxy) is 1. The van der Waals surface area contributed by atoms with Crippen molar-refractivity contribution in [2.24, 2.45) is 5.73 Å². The zero-order valence-corrected chi connectivity index (χ0v) is 14.0. The van der Waals surface area contributed by atoms with Crippen LogP contribution in [0.5, 0.6) is 0 Å². The Morgan fingerprint density at radius 2 is 2.28 bits per heavy atom. The standard InChI is InChI=1S/C17H21N5O3/c1-12-8-13(22-5-4-19-11-22)2-3-15(12)16(23)20-9-14-10-21(17(18)24)6-7-25-14/h2-5,8,11,14H,6-7,9-10H2,1H3,(H2,18,24)(H,20,23). The van der Waals surface area contributed by atoms with Crippen LogP contribution >= 0.6 is 0 Å². The van der Waals surface area contributed by atoms with Crippen molar-refractivity contribution in [1.29, 1.82) is 0 Å². The predicted octanol–water partition coefficient (Wildman–Crippen LogP) is 0.690. The molecule has 1 aromatic carbocycles. The van der Waals surface area contributed by atoms with E-state index >= 15 is 0 Å². The molecule has 0 aliphatic carbocycles. The fourth-order valence-corrected chi connectivity index (χ4v) is 2.82. The maximum atomic E-state index is 12.4. The summed E-state index contributed by atoms with van der Waals surface area (Å²) in [5, 5.41) is 2.86. The number of rotatable bonds is 4. The lowest BCUT2D eigenvalue weighted by atomic mass is 10.1. The number of aryl methyl sites for hydroxylation is 1. The van der Waals surface area contributed by atoms with Crippen LogP contribution in [0.4, 0.5) is 4.79 Å². The molecule has 3 amide bonds. The lowest BCUT2D eigenvalue weighted by Crippen LogP contribution is -2.51. The molecule has 3 rings (SSSR count). The molecule has 1 aliphatic rings. The van der Waals surface area contributed by atoms with Crippen LogP contribution in [0.15, 0.2) is 36.9 Å². The average molecular weight is 343 g/mol. The minimum Gasteiger partial charge on any atom is -0.373 e. The molecule has 0 bridgehead atoms. The number of carbonyl (C=O) groups is 2. The fourth-order valence-electron chi connectivity index (χ4n) is 2.82. The number of nitrogens with two attached hydrogens (primary N) is 1. The number of nitrogens with one attached hydrogen (secondary N) is 1. The summed E-state index contributed by atoms with van der Waals surface area (Å²) in [5.41, 5.74) is 7.70. The van der Waals surface area contributed by atoms with Crippen LogP contribution in [0.25, 0.3) is 5.69 Å². The van der Waals surface area contributed by atoms with E-state index in [1.165, 1.54) is 4.90 Å². The predicted molar refractivity (Wildman–Crippen MR) is 91.5 cm³/mol. The van der Waals surface area contributed by atoms with E-state index in [0.29, 0.717) is 31.8 Å². The molecule has 1 unspecified atom stereocenters. The van der Waals surface area contributed by atoms with Crippen molar-refractivity contribution in [3.8, 4) is 5.69 Å². The summed E-state index contributed by atoms with van der Waals surface area (Å²) < 4.78 is 7.45. The van der Waals surface area contributed by atoms with Gasteiger partial charge < -0.3 is 25.3 Å². The highest BCUT2D eigenvalue weighted by molar-refractivity contribution is 5.95. The second-order valence-corrected chi connectivity index (χ2v) is 5.96. The first-order chi connectivity index (χ1) is 12.0. The number of primary amides is 1. The van der Waals surface area contributed by atoms with Gasteiger partial charge >= 0.3 is 6.03 Å². The van der Waals surface area contributed by atoms with Crippen molar-refractivity contribution < 1.29 is 14.3 Å². The van der Waals surface area contributed by atoms with Crippen molar-refractivity contribution in [2.45, 2.75) is 13.0 Å². The molecule has 1 aromatic heterocycles. The third-order valence-electron chi connectivity index (χ3n) is 4.20. The summed E-state index contributed by atoms with van der Waals surface area (Å²) in [5.74, 6) is -0.172. The molecule has 1 aliphatic heterocycles. The highest BCUT2D eigenvalue weighted by Gasteiger charge is 2.23. The van der Waals surface area contributed by atoms with E-state index in [0.717, 1.165) is 11.3 Å². The van der Waals surface area contributed by atoms with Crippen LogP contribution in [-0.2, 0) is 4.74 Å². The smallest absolute Gasteiger partial charge is 0.314 e. The summed E-state index contributed by atoms with van der Waals surface area (Å²) in [6.45, 7) is 3.50. The van der Waals surface area contributed by atoms with Crippen molar-refractivity contribution in [3.05, 3.63) is 48.0 Å². The van der Waals surface area contributed by atoms with E-state index in [4.69, 9.17) is 10.5 Å². The Kier molecular flexibility index (Phi) is 4.99. The zero-order chi connectivity index (χ0) is 17.8. The van der Waals surface area contributed by atoms with E-state index in [1.54, 1.807) is 18.6 Å². The molecular weight excluding hydrogens is 322 g/mol. The third-order valence-corrected chi connectivity index (χ3v) is 4.20. The number of morpholine rings is 1. The summed E-state index contributed by atoms with van der Waals surface area (Å²) in [6, 6.07) is 5.13. The monoisotopic (exact) mass is 343 g/mol. The lowest BCUT2D eigenvalue weighted by molar-refractivity contribution is -0.0110. The maximum Gasteiger partial charge on any atom is 0.314 e. The number of hydrogen-bond donors (Lipinski definition) is 2. The quantitative estimate of drug-likeness (QED) is 0.852. The number of hydrogen-bond acceptors (Lipinski definition) is 4. The lowest BCUT2D eigenvalue weighted by Gasteiger charge is -2.31. The van der Waals surface area contributed by atoms with Crippen LogP contribution in [0.1, 0.15) is 15.9 Å². The van der Waals surface area contributed by atoms with E-state index < -0.39 is 6.03 Å². The topological polar surface area (TPSA) is 102 Å². The highest BCUT2D eigenvalue weighted by Crippen LogP contribution is 2.15. The number of benzene rings is 1. The van der Waals surface area contributed by atoms with Crippen LogP contribution < -0.4 is 11.1 Å². The Bertz CT molecular complexity index is 760. The molecule has 1 atom stereocenters. The summed E-state index contributed by atoms with van der Waals surface area (Å²) in [6.07, 6.45) is 5.00. The normalized spacial score (nSPS) is 17.3. The first-order valence-corrected chi connectivity index (χ1v) is 8.08. The Hall–Kier alpha value is -2.87. The van der Waals surface area contributed by atoms with Gasteiger partial charge in [-0.2, -0.15) is 0 Å². The number of amides is 3. The van der Waals surface area contributed by atoms with Crippen LogP contribution in [0.3, 0.4) is 0 Å². The van der Waals surface area contributed by atoms with Gasteiger partial charge in [0.15, 0.2) is 0 Å². The van der Waals surface area contributed by atoms with Crippen molar-refractivity contribution in [1.82, 2.24) is 19.8 Å². The fraction of sp³-hybridized carbons (Fsp3) is 0.353. The molecule has 0 radical (unpaired) electrons. The minimum absolute atomic E-state index is 0.172. The molecule has 1 fully saturated rings. The third kappa shape index (κ3) is 3.97. The molecule has 25 heavy (non-hydrogen) atoms. The van der Waals surface area contributed by atoms with Crippen molar-refractivity contribution >= 4 is 11.9 Å². The number of imidazole rings is 1. The van der Waals surface area contributed by atoms with Gasteiger partial charge in [0.25, 0.3) is 5.91 Å². The first kappa shape index (κ1) is 17.0. The van der Waals surface area contributed by atoms with E-state index in [-0.39, 0.29) is 12.0 Å². The number of aromatic nitrogens is 2. The van der Waals surface area contributed by atoms with Crippen LogP contribution in [0, 0.1) is 6.92 Å². The number of carbonyl (C=O) groups excluding carboxylic acids is 2. The van der Waals surface area contributed by atoms with Gasteiger partial charge in [-0.1, -0.05) is 0 Å². The first-order valence-electron chi connectivity index (χ1n) is 8.08. The van der Waals surface area contributed by atoms with Gasteiger partial charge in [0.1, 0.15) is 0 Å². The molecule has 3 N–H and O–H groups in total. The molecule has 2 aromatic rings. The largest absolute Gasteiger partial charge is 0.373 e. The van der Waals surface area contributed by atoms with Gasteiger partial charge in [-0.05, 0) is 30.7 Å². The summed E-state index contributed by atoms with van der Waals surface area (Å²) >= 11 is 0. The second kappa shape index (κ2) is 7.35. The molecule has 1 saturated heterocycles. The van der Waals surface area contributed by atoms with Gasteiger partial charge in [-0.15, -0.1) is 0 Å². The Morgan fingerprint density at radius 3 is 2.96 bits per heavy atom. The van der Waals surface area contributed by atoms with Crippen molar-refractivity contribution in [2.75, 3.05) is 26.2 Å². The molecule has 0 saturated carbocycles. The van der Waals surface area contributed by atoms with Gasteiger partial charge in [0, 0.05) is 36.7 Å². The number of nitrogens with zero attached hydrogens (tertiary/aromatic N) is 3. The average Bonchev–Trinajstić information content (AvgIpc) is 3.14. The molecular formula is C17H21N5O3. The summed E-state index contributed by atoms with van der Waals surface area (Å²) in [4.78, 5) is 29.2. The minimum atomic E-state index is -0.467. The Labute approximate surface area is 145 Å². The number of urea groups is 1. The Balaban J connectivity index is 1.61. The van der Waals surface area contributed by atoms with E-state index in [9.17, 15) is 9.59 Å². The van der Waals surface area contributed by atoms with Crippen LogP contribution in [0.2, 0.25) is 0 Å². The van der Waals surface area contributed by atoms with Gasteiger partial charge in [0.2, 0.25) is 0 Å². The molecule has 0 spiro atoms. The van der Waals surface area contributed by atoms with Crippen molar-refractivity contribution in [3.63, 3.8) is 0 Å². The van der Waals surface area contributed by atoms with E-state index in [1.807, 2.05) is 29.8 Å². The van der Waals surface area contributed by atoms with E-state index in [2.05, 4.69) is 10.3 Å². The summed E-state index contributed by atoms with van der Waals surface area (Å²) in [7, 11) is 0.